The predicted molar refractivity (Wildman–Crippen MR) is 92.3 cm³/mol. The molecule has 0 aliphatic carbocycles. The average molecular weight is 392 g/mol. The third-order valence-electron chi connectivity index (χ3n) is 4.06. The van der Waals surface area contributed by atoms with Crippen molar-refractivity contribution >= 4 is 33.4 Å². The van der Waals surface area contributed by atoms with Crippen molar-refractivity contribution in [1.29, 1.82) is 0 Å². The molecule has 3 rings (SSSR count). The molecule has 6 nitrogen and oxygen atoms in total. The van der Waals surface area contributed by atoms with Crippen LogP contribution in [-0.2, 0) is 16.1 Å². The van der Waals surface area contributed by atoms with Crippen LogP contribution in [0.5, 0.6) is 0 Å². The summed E-state index contributed by atoms with van der Waals surface area (Å²) in [6.45, 7) is 2.59. The Balaban J connectivity index is 1.66. The maximum Gasteiger partial charge on any atom is 0.228 e. The van der Waals surface area contributed by atoms with Crippen molar-refractivity contribution in [3.05, 3.63) is 46.3 Å². The number of hydrogen-bond acceptors (Lipinski definition) is 4. The molecule has 1 aromatic carbocycles. The van der Waals surface area contributed by atoms with E-state index in [1.165, 1.54) is 0 Å². The fraction of sp³-hybridized carbons (Fsp3) is 0.353. The molecule has 2 heterocycles. The normalized spacial score (nSPS) is 17.4. The van der Waals surface area contributed by atoms with Gasteiger partial charge in [0.25, 0.3) is 0 Å². The zero-order valence-electron chi connectivity index (χ0n) is 13.5. The largest absolute Gasteiger partial charge is 0.361 e. The SMILES string of the molecule is Cc1cc(CN(C)C(=O)C2CC(=O)N(c3ccc(Br)cc3)C2)no1. The summed E-state index contributed by atoms with van der Waals surface area (Å²) in [5.41, 5.74) is 1.52. The summed E-state index contributed by atoms with van der Waals surface area (Å²) in [6, 6.07) is 9.32. The van der Waals surface area contributed by atoms with Crippen molar-refractivity contribution in [2.75, 3.05) is 18.5 Å². The molecule has 0 radical (unpaired) electrons. The van der Waals surface area contributed by atoms with E-state index in [2.05, 4.69) is 21.1 Å². The highest BCUT2D eigenvalue weighted by Crippen LogP contribution is 2.27. The average Bonchev–Trinajstić information content (AvgIpc) is 3.13. The Bertz CT molecular complexity index is 757. The van der Waals surface area contributed by atoms with Crippen LogP contribution in [0, 0.1) is 12.8 Å². The van der Waals surface area contributed by atoms with Gasteiger partial charge in [0.05, 0.1) is 12.5 Å². The highest BCUT2D eigenvalue weighted by Gasteiger charge is 2.36. The molecule has 7 heteroatoms. The van der Waals surface area contributed by atoms with Gasteiger partial charge in [0.2, 0.25) is 11.8 Å². The number of amides is 2. The summed E-state index contributed by atoms with van der Waals surface area (Å²) in [6.07, 6.45) is 0.233. The molecule has 1 fully saturated rings. The van der Waals surface area contributed by atoms with E-state index in [0.717, 1.165) is 10.2 Å². The van der Waals surface area contributed by atoms with Crippen LogP contribution in [0.1, 0.15) is 17.9 Å². The zero-order chi connectivity index (χ0) is 17.3. The number of carbonyl (C=O) groups excluding carboxylic acids is 2. The number of benzene rings is 1. The van der Waals surface area contributed by atoms with E-state index in [9.17, 15) is 9.59 Å². The minimum absolute atomic E-state index is 0.0265. The molecule has 0 saturated carbocycles. The third kappa shape index (κ3) is 3.51. The van der Waals surface area contributed by atoms with Crippen LogP contribution in [0.4, 0.5) is 5.69 Å². The van der Waals surface area contributed by atoms with Crippen LogP contribution in [0.15, 0.2) is 39.3 Å². The lowest BCUT2D eigenvalue weighted by atomic mass is 10.1. The van der Waals surface area contributed by atoms with Crippen LogP contribution in [0.2, 0.25) is 0 Å². The number of anilines is 1. The van der Waals surface area contributed by atoms with E-state index in [0.29, 0.717) is 24.5 Å². The fourth-order valence-corrected chi connectivity index (χ4v) is 3.13. The van der Waals surface area contributed by atoms with Crippen molar-refractivity contribution in [2.24, 2.45) is 5.92 Å². The number of aromatic nitrogens is 1. The maximum absolute atomic E-state index is 12.6. The summed E-state index contributed by atoms with van der Waals surface area (Å²) in [4.78, 5) is 28.2. The van der Waals surface area contributed by atoms with Crippen LogP contribution in [0.3, 0.4) is 0 Å². The number of hydrogen-bond donors (Lipinski definition) is 0. The van der Waals surface area contributed by atoms with Crippen molar-refractivity contribution in [3.63, 3.8) is 0 Å². The first-order chi connectivity index (χ1) is 11.4. The lowest BCUT2D eigenvalue weighted by molar-refractivity contribution is -0.135. The van der Waals surface area contributed by atoms with Crippen LogP contribution in [0.25, 0.3) is 0 Å². The van der Waals surface area contributed by atoms with Gasteiger partial charge in [-0.3, -0.25) is 9.59 Å². The van der Waals surface area contributed by atoms with Crippen molar-refractivity contribution in [1.82, 2.24) is 10.1 Å². The molecule has 1 aromatic heterocycles. The molecule has 24 heavy (non-hydrogen) atoms. The highest BCUT2D eigenvalue weighted by atomic mass is 79.9. The second-order valence-electron chi connectivity index (χ2n) is 6.01. The molecule has 2 amide bonds. The number of rotatable bonds is 4. The molecule has 1 atom stereocenters. The zero-order valence-corrected chi connectivity index (χ0v) is 15.1. The fourth-order valence-electron chi connectivity index (χ4n) is 2.87. The van der Waals surface area contributed by atoms with Gasteiger partial charge >= 0.3 is 0 Å². The van der Waals surface area contributed by atoms with Gasteiger partial charge in [-0.1, -0.05) is 21.1 Å². The van der Waals surface area contributed by atoms with Crippen molar-refractivity contribution in [2.45, 2.75) is 19.9 Å². The lowest BCUT2D eigenvalue weighted by Gasteiger charge is -2.20. The van der Waals surface area contributed by atoms with Crippen LogP contribution < -0.4 is 4.90 Å². The Morgan fingerprint density at radius 1 is 1.42 bits per heavy atom. The molecule has 126 valence electrons. The molecule has 1 unspecified atom stereocenters. The number of halogens is 1. The van der Waals surface area contributed by atoms with Gasteiger partial charge < -0.3 is 14.3 Å². The molecule has 0 bridgehead atoms. The van der Waals surface area contributed by atoms with Gasteiger partial charge in [-0.2, -0.15) is 0 Å². The van der Waals surface area contributed by atoms with Crippen molar-refractivity contribution < 1.29 is 14.1 Å². The van der Waals surface area contributed by atoms with Gasteiger partial charge in [-0.15, -0.1) is 0 Å². The van der Waals surface area contributed by atoms with Crippen molar-refractivity contribution in [3.8, 4) is 0 Å². The monoisotopic (exact) mass is 391 g/mol. The first kappa shape index (κ1) is 16.7. The van der Waals surface area contributed by atoms with E-state index in [1.807, 2.05) is 31.2 Å². The van der Waals surface area contributed by atoms with Gasteiger partial charge in [0, 0.05) is 36.2 Å². The van der Waals surface area contributed by atoms with E-state index >= 15 is 0 Å². The van der Waals surface area contributed by atoms with E-state index in [1.54, 1.807) is 22.9 Å². The minimum atomic E-state index is -0.334. The quantitative estimate of drug-likeness (QED) is 0.803. The van der Waals surface area contributed by atoms with E-state index in [-0.39, 0.29) is 24.2 Å². The van der Waals surface area contributed by atoms with Gasteiger partial charge in [0.1, 0.15) is 11.5 Å². The van der Waals surface area contributed by atoms with Gasteiger partial charge in [0.15, 0.2) is 0 Å². The topological polar surface area (TPSA) is 66.7 Å². The first-order valence-electron chi connectivity index (χ1n) is 7.67. The Hall–Kier alpha value is -2.15. The lowest BCUT2D eigenvalue weighted by Crippen LogP contribution is -2.34. The summed E-state index contributed by atoms with van der Waals surface area (Å²) in [7, 11) is 1.72. The Kier molecular flexibility index (Phi) is 4.71. The second-order valence-corrected chi connectivity index (χ2v) is 6.92. The van der Waals surface area contributed by atoms with Gasteiger partial charge in [-0.25, -0.2) is 0 Å². The second kappa shape index (κ2) is 6.76. The number of carbonyl (C=O) groups is 2. The molecule has 2 aromatic rings. The molecular weight excluding hydrogens is 374 g/mol. The molecule has 1 saturated heterocycles. The standard InChI is InChI=1S/C17H18BrN3O3/c1-11-7-14(19-24-11)10-20(2)17(23)12-8-16(22)21(9-12)15-5-3-13(18)4-6-15/h3-7,12H,8-10H2,1-2H3. The summed E-state index contributed by atoms with van der Waals surface area (Å²) < 4.78 is 5.97. The smallest absolute Gasteiger partial charge is 0.228 e. The van der Waals surface area contributed by atoms with Gasteiger partial charge in [-0.05, 0) is 31.2 Å². The number of aryl methyl sites for hydroxylation is 1. The minimum Gasteiger partial charge on any atom is -0.361 e. The molecule has 1 aliphatic rings. The number of nitrogens with zero attached hydrogens (tertiary/aromatic N) is 3. The highest BCUT2D eigenvalue weighted by molar-refractivity contribution is 9.10. The predicted octanol–water partition coefficient (Wildman–Crippen LogP) is 2.76. The van der Waals surface area contributed by atoms with E-state index < -0.39 is 0 Å². The third-order valence-corrected chi connectivity index (χ3v) is 4.59. The Labute approximate surface area is 148 Å². The summed E-state index contributed by atoms with van der Waals surface area (Å²) in [5.74, 6) is 0.299. The summed E-state index contributed by atoms with van der Waals surface area (Å²) >= 11 is 3.38. The Morgan fingerprint density at radius 3 is 2.75 bits per heavy atom. The molecule has 1 aliphatic heterocycles. The molecule has 0 N–H and O–H groups in total. The maximum atomic E-state index is 12.6. The molecule has 0 spiro atoms. The molecular formula is C17H18BrN3O3. The first-order valence-corrected chi connectivity index (χ1v) is 8.46. The summed E-state index contributed by atoms with van der Waals surface area (Å²) in [5, 5.41) is 3.90. The Morgan fingerprint density at radius 2 is 2.12 bits per heavy atom. The van der Waals surface area contributed by atoms with E-state index in [4.69, 9.17) is 4.52 Å². The van der Waals surface area contributed by atoms with Crippen LogP contribution >= 0.6 is 15.9 Å². The van der Waals surface area contributed by atoms with Crippen LogP contribution in [-0.4, -0.2) is 35.5 Å².